The predicted octanol–water partition coefficient (Wildman–Crippen LogP) is 2.61. The average molecular weight is 435 g/mol. The topological polar surface area (TPSA) is 95.9 Å². The number of benzene rings is 1. The number of piperidine rings is 1. The van der Waals surface area contributed by atoms with E-state index in [0.717, 1.165) is 19.3 Å². The Balaban J connectivity index is 0.00000392. The molecule has 1 atom stereocenters. The van der Waals surface area contributed by atoms with Crippen molar-refractivity contribution in [2.24, 2.45) is 11.8 Å². The van der Waals surface area contributed by atoms with E-state index < -0.39 is 16.0 Å². The minimum atomic E-state index is -3.55. The third-order valence-electron chi connectivity index (χ3n) is 4.62. The molecule has 0 spiro atoms. The van der Waals surface area contributed by atoms with Crippen LogP contribution < -0.4 is 10.1 Å². The molecule has 0 saturated carbocycles. The summed E-state index contributed by atoms with van der Waals surface area (Å²) in [7, 11) is -3.55. The molecule has 0 bridgehead atoms. The number of carboxylic acids is 1. The fraction of sp³-hybridized carbons (Fsp3) is 0.632. The zero-order valence-electron chi connectivity index (χ0n) is 16.5. The van der Waals surface area contributed by atoms with E-state index in [1.54, 1.807) is 24.3 Å². The van der Waals surface area contributed by atoms with Crippen LogP contribution in [0.5, 0.6) is 5.75 Å². The molecule has 1 unspecified atom stereocenters. The standard InChI is InChI=1S/C19H30N2O5S.ClH/c1-15(2)9-11-26-17-5-7-18(8-6-17)27(24,25)21-10-3-4-16(14-21)12-20-13-19(22)23;/h5-8,15-16,20H,3-4,9-14H2,1-2H3,(H,22,23);1H. The first-order valence-electron chi connectivity index (χ1n) is 9.44. The van der Waals surface area contributed by atoms with Crippen LogP contribution in [0, 0.1) is 11.8 Å². The molecule has 0 radical (unpaired) electrons. The van der Waals surface area contributed by atoms with Crippen LogP contribution >= 0.6 is 12.4 Å². The number of hydrogen-bond acceptors (Lipinski definition) is 5. The Hall–Kier alpha value is -1.35. The highest BCUT2D eigenvalue weighted by atomic mass is 35.5. The summed E-state index contributed by atoms with van der Waals surface area (Å²) in [6.45, 7) is 6.15. The Bertz CT molecular complexity index is 710. The molecule has 160 valence electrons. The number of hydrogen-bond donors (Lipinski definition) is 2. The zero-order valence-corrected chi connectivity index (χ0v) is 18.1. The molecule has 1 aliphatic heterocycles. The number of nitrogens with zero attached hydrogens (tertiary/aromatic N) is 1. The van der Waals surface area contributed by atoms with E-state index >= 15 is 0 Å². The van der Waals surface area contributed by atoms with Gasteiger partial charge in [0.2, 0.25) is 10.0 Å². The smallest absolute Gasteiger partial charge is 0.317 e. The minimum Gasteiger partial charge on any atom is -0.494 e. The summed E-state index contributed by atoms with van der Waals surface area (Å²) in [5, 5.41) is 11.6. The second-order valence-corrected chi connectivity index (χ2v) is 9.34. The van der Waals surface area contributed by atoms with Crippen molar-refractivity contribution in [3.05, 3.63) is 24.3 Å². The molecular formula is C19H31ClN2O5S. The van der Waals surface area contributed by atoms with Crippen LogP contribution in [-0.2, 0) is 14.8 Å². The third-order valence-corrected chi connectivity index (χ3v) is 6.50. The Kier molecular flexibility index (Phi) is 10.2. The number of halogens is 1. The molecule has 1 aromatic carbocycles. The largest absolute Gasteiger partial charge is 0.494 e. The van der Waals surface area contributed by atoms with Gasteiger partial charge in [0.15, 0.2) is 0 Å². The highest BCUT2D eigenvalue weighted by Gasteiger charge is 2.30. The molecule has 2 N–H and O–H groups in total. The summed E-state index contributed by atoms with van der Waals surface area (Å²) in [6.07, 6.45) is 2.61. The van der Waals surface area contributed by atoms with Crippen molar-refractivity contribution in [1.29, 1.82) is 0 Å². The lowest BCUT2D eigenvalue weighted by atomic mass is 10.00. The van der Waals surface area contributed by atoms with E-state index in [1.807, 2.05) is 0 Å². The number of nitrogens with one attached hydrogen (secondary N) is 1. The summed E-state index contributed by atoms with van der Waals surface area (Å²) in [6, 6.07) is 6.57. The molecule has 9 heteroatoms. The van der Waals surface area contributed by atoms with E-state index in [2.05, 4.69) is 19.2 Å². The highest BCUT2D eigenvalue weighted by molar-refractivity contribution is 7.89. The van der Waals surface area contributed by atoms with Crippen LogP contribution in [0.1, 0.15) is 33.1 Å². The van der Waals surface area contributed by atoms with Gasteiger partial charge >= 0.3 is 5.97 Å². The fourth-order valence-corrected chi connectivity index (χ4v) is 4.62. The normalized spacial score (nSPS) is 17.9. The lowest BCUT2D eigenvalue weighted by Gasteiger charge is -2.32. The fourth-order valence-electron chi connectivity index (χ4n) is 3.06. The molecule has 1 aromatic rings. The summed E-state index contributed by atoms with van der Waals surface area (Å²) < 4.78 is 32.9. The van der Waals surface area contributed by atoms with E-state index in [-0.39, 0.29) is 29.8 Å². The lowest BCUT2D eigenvalue weighted by molar-refractivity contribution is -0.136. The molecule has 1 heterocycles. The van der Waals surface area contributed by atoms with Crippen LogP contribution in [0.25, 0.3) is 0 Å². The molecule has 0 aliphatic carbocycles. The van der Waals surface area contributed by atoms with E-state index in [1.165, 1.54) is 4.31 Å². The van der Waals surface area contributed by atoms with Gasteiger partial charge in [0, 0.05) is 13.1 Å². The van der Waals surface area contributed by atoms with E-state index in [4.69, 9.17) is 9.84 Å². The maximum atomic E-state index is 12.9. The van der Waals surface area contributed by atoms with Crippen molar-refractivity contribution in [1.82, 2.24) is 9.62 Å². The summed E-state index contributed by atoms with van der Waals surface area (Å²) in [5.74, 6) is 0.434. The van der Waals surface area contributed by atoms with Gasteiger partial charge in [-0.2, -0.15) is 4.31 Å². The lowest BCUT2D eigenvalue weighted by Crippen LogP contribution is -2.43. The first kappa shape index (κ1) is 24.7. The van der Waals surface area contributed by atoms with Crippen molar-refractivity contribution in [2.75, 3.05) is 32.8 Å². The molecule has 7 nitrogen and oxygen atoms in total. The number of carbonyl (C=O) groups is 1. The molecule has 0 aromatic heterocycles. The Morgan fingerprint density at radius 2 is 2.00 bits per heavy atom. The SMILES string of the molecule is CC(C)CCOc1ccc(S(=O)(=O)N2CCCC(CNCC(=O)O)C2)cc1.Cl. The maximum absolute atomic E-state index is 12.9. The van der Waals surface area contributed by atoms with Gasteiger partial charge < -0.3 is 15.2 Å². The quantitative estimate of drug-likeness (QED) is 0.587. The average Bonchev–Trinajstić information content (AvgIpc) is 2.62. The second-order valence-electron chi connectivity index (χ2n) is 7.40. The monoisotopic (exact) mass is 434 g/mol. The van der Waals surface area contributed by atoms with Crippen molar-refractivity contribution in [3.8, 4) is 5.75 Å². The van der Waals surface area contributed by atoms with Gasteiger partial charge in [-0.3, -0.25) is 4.79 Å². The number of sulfonamides is 1. The Labute approximate surface area is 173 Å². The van der Waals surface area contributed by atoms with Gasteiger partial charge in [0.05, 0.1) is 18.0 Å². The first-order valence-corrected chi connectivity index (χ1v) is 10.9. The van der Waals surface area contributed by atoms with E-state index in [9.17, 15) is 13.2 Å². The minimum absolute atomic E-state index is 0. The molecule has 2 rings (SSSR count). The third kappa shape index (κ3) is 7.58. The van der Waals surface area contributed by atoms with Gasteiger partial charge in [-0.15, -0.1) is 12.4 Å². The van der Waals surface area contributed by atoms with Crippen molar-refractivity contribution in [2.45, 2.75) is 38.0 Å². The Morgan fingerprint density at radius 3 is 2.61 bits per heavy atom. The first-order chi connectivity index (χ1) is 12.8. The van der Waals surface area contributed by atoms with Crippen LogP contribution in [0.3, 0.4) is 0 Å². The highest BCUT2D eigenvalue weighted by Crippen LogP contribution is 2.25. The second kappa shape index (κ2) is 11.6. The van der Waals surface area contributed by atoms with E-state index in [0.29, 0.717) is 37.9 Å². The molecule has 28 heavy (non-hydrogen) atoms. The van der Waals surface area contributed by atoms with Crippen LogP contribution in [0.2, 0.25) is 0 Å². The van der Waals surface area contributed by atoms with Gasteiger partial charge in [0.25, 0.3) is 0 Å². The van der Waals surface area contributed by atoms with Crippen molar-refractivity contribution < 1.29 is 23.1 Å². The number of aliphatic carboxylic acids is 1. The number of carboxylic acid groups (broad SMARTS) is 1. The molecule has 1 aliphatic rings. The Morgan fingerprint density at radius 1 is 1.32 bits per heavy atom. The van der Waals surface area contributed by atoms with Crippen molar-refractivity contribution in [3.63, 3.8) is 0 Å². The summed E-state index contributed by atoms with van der Waals surface area (Å²) >= 11 is 0. The van der Waals surface area contributed by atoms with Gasteiger partial charge in [-0.25, -0.2) is 8.42 Å². The van der Waals surface area contributed by atoms with Crippen LogP contribution in [-0.4, -0.2) is 56.6 Å². The predicted molar refractivity (Wildman–Crippen MR) is 111 cm³/mol. The maximum Gasteiger partial charge on any atom is 0.317 e. The summed E-state index contributed by atoms with van der Waals surface area (Å²) in [5.41, 5.74) is 0. The van der Waals surface area contributed by atoms with Gasteiger partial charge in [-0.1, -0.05) is 13.8 Å². The van der Waals surface area contributed by atoms with Crippen LogP contribution in [0.4, 0.5) is 0 Å². The molecule has 1 saturated heterocycles. The molecular weight excluding hydrogens is 404 g/mol. The molecule has 1 fully saturated rings. The number of ether oxygens (including phenoxy) is 1. The molecule has 0 amide bonds. The van der Waals surface area contributed by atoms with Gasteiger partial charge in [0.1, 0.15) is 5.75 Å². The number of rotatable bonds is 10. The van der Waals surface area contributed by atoms with Gasteiger partial charge in [-0.05, 0) is 61.9 Å². The van der Waals surface area contributed by atoms with Crippen molar-refractivity contribution >= 4 is 28.4 Å². The summed E-state index contributed by atoms with van der Waals surface area (Å²) in [4.78, 5) is 10.9. The zero-order chi connectivity index (χ0) is 19.9. The van der Waals surface area contributed by atoms with Crippen LogP contribution in [0.15, 0.2) is 29.2 Å².